The molecule has 0 aromatic heterocycles. The number of hydrogen-bond donors (Lipinski definition) is 1. The zero-order chi connectivity index (χ0) is 18.4. The Morgan fingerprint density at radius 1 is 1.00 bits per heavy atom. The number of rotatable bonds is 6. The molecule has 0 spiro atoms. The van der Waals surface area contributed by atoms with Gasteiger partial charge in [0.2, 0.25) is 11.8 Å². The van der Waals surface area contributed by atoms with E-state index in [4.69, 9.17) is 0 Å². The molecule has 2 amide bonds. The Morgan fingerprint density at radius 2 is 1.68 bits per heavy atom. The summed E-state index contributed by atoms with van der Waals surface area (Å²) in [5.74, 6) is -0.523. The van der Waals surface area contributed by atoms with Crippen LogP contribution in [0, 0.1) is 6.92 Å². The van der Waals surface area contributed by atoms with Crippen molar-refractivity contribution in [3.05, 3.63) is 65.2 Å². The first kappa shape index (κ1) is 18.4. The highest BCUT2D eigenvalue weighted by atomic mass is 16.2. The topological polar surface area (TPSA) is 66.5 Å². The lowest BCUT2D eigenvalue weighted by Gasteiger charge is -2.21. The lowest BCUT2D eigenvalue weighted by molar-refractivity contribution is -0.123. The number of hydrogen-bond acceptors (Lipinski definition) is 3. The summed E-state index contributed by atoms with van der Waals surface area (Å²) < 4.78 is 0. The fraction of sp³-hybridized carbons (Fsp3) is 0.250. The molecule has 0 radical (unpaired) electrons. The highest BCUT2D eigenvalue weighted by molar-refractivity contribution is 5.98. The molecule has 0 heterocycles. The van der Waals surface area contributed by atoms with E-state index in [9.17, 15) is 14.4 Å². The maximum atomic E-state index is 12.2. The van der Waals surface area contributed by atoms with Gasteiger partial charge in [-0.05, 0) is 43.7 Å². The molecule has 2 aromatic rings. The van der Waals surface area contributed by atoms with E-state index in [2.05, 4.69) is 5.32 Å². The van der Waals surface area contributed by atoms with Crippen molar-refractivity contribution in [3.63, 3.8) is 0 Å². The number of amides is 2. The van der Waals surface area contributed by atoms with E-state index in [0.29, 0.717) is 17.8 Å². The molecular formula is C20H22N2O3. The summed E-state index contributed by atoms with van der Waals surface area (Å²) in [6, 6.07) is 14.5. The van der Waals surface area contributed by atoms with Crippen LogP contribution < -0.4 is 10.2 Å². The van der Waals surface area contributed by atoms with Crippen molar-refractivity contribution in [1.82, 2.24) is 5.32 Å². The van der Waals surface area contributed by atoms with Crippen LogP contribution in [-0.2, 0) is 16.1 Å². The first-order chi connectivity index (χ1) is 11.9. The summed E-state index contributed by atoms with van der Waals surface area (Å²) >= 11 is 0. The van der Waals surface area contributed by atoms with Gasteiger partial charge in [0, 0.05) is 24.7 Å². The fourth-order valence-corrected chi connectivity index (χ4v) is 2.48. The van der Waals surface area contributed by atoms with Crippen LogP contribution in [0.15, 0.2) is 48.5 Å². The second-order valence-corrected chi connectivity index (χ2v) is 5.97. The Bertz CT molecular complexity index is 782. The lowest BCUT2D eigenvalue weighted by atomic mass is 10.1. The predicted octanol–water partition coefficient (Wildman–Crippen LogP) is 2.87. The maximum Gasteiger partial charge on any atom is 0.240 e. The molecule has 0 saturated carbocycles. The first-order valence-electron chi connectivity index (χ1n) is 8.08. The van der Waals surface area contributed by atoms with Crippen molar-refractivity contribution in [2.75, 3.05) is 11.4 Å². The van der Waals surface area contributed by atoms with E-state index < -0.39 is 0 Å². The molecule has 0 aliphatic rings. The molecule has 0 bridgehead atoms. The van der Waals surface area contributed by atoms with Gasteiger partial charge in [0.25, 0.3) is 0 Å². The minimum Gasteiger partial charge on any atom is -0.350 e. The first-order valence-corrected chi connectivity index (χ1v) is 8.08. The number of nitrogens with zero attached hydrogens (tertiary/aromatic N) is 1. The molecule has 130 valence electrons. The number of nitrogens with one attached hydrogen (secondary N) is 1. The molecule has 5 nitrogen and oxygen atoms in total. The standard InChI is InChI=1S/C20H22N2O3/c1-14-5-4-6-17(11-14)12-21-20(25)13-22(16(3)24)19-9-7-18(8-10-19)15(2)23/h4-11H,12-13H2,1-3H3,(H,21,25). The van der Waals surface area contributed by atoms with Gasteiger partial charge in [0.05, 0.1) is 0 Å². The summed E-state index contributed by atoms with van der Waals surface area (Å²) in [5.41, 5.74) is 3.29. The average Bonchev–Trinajstić information content (AvgIpc) is 2.58. The number of ketones is 1. The van der Waals surface area contributed by atoms with Gasteiger partial charge in [-0.15, -0.1) is 0 Å². The molecule has 0 aliphatic heterocycles. The van der Waals surface area contributed by atoms with Crippen LogP contribution in [0.3, 0.4) is 0 Å². The van der Waals surface area contributed by atoms with E-state index in [1.807, 2.05) is 31.2 Å². The van der Waals surface area contributed by atoms with E-state index in [-0.39, 0.29) is 24.1 Å². The Balaban J connectivity index is 2.01. The van der Waals surface area contributed by atoms with Crippen LogP contribution in [0.25, 0.3) is 0 Å². The number of aryl methyl sites for hydroxylation is 1. The van der Waals surface area contributed by atoms with Crippen molar-refractivity contribution in [3.8, 4) is 0 Å². The highest BCUT2D eigenvalue weighted by Crippen LogP contribution is 2.16. The zero-order valence-corrected chi connectivity index (χ0v) is 14.7. The Hall–Kier alpha value is -2.95. The summed E-state index contributed by atoms with van der Waals surface area (Å²) in [5, 5.41) is 2.82. The second kappa shape index (κ2) is 8.24. The van der Waals surface area contributed by atoms with Gasteiger partial charge in [-0.25, -0.2) is 0 Å². The SMILES string of the molecule is CC(=O)c1ccc(N(CC(=O)NCc2cccc(C)c2)C(C)=O)cc1. The predicted molar refractivity (Wildman–Crippen MR) is 97.5 cm³/mol. The van der Waals surface area contributed by atoms with E-state index in [0.717, 1.165) is 11.1 Å². The third-order valence-corrected chi connectivity index (χ3v) is 3.84. The number of carbonyl (C=O) groups is 3. The van der Waals surface area contributed by atoms with Crippen LogP contribution in [0.4, 0.5) is 5.69 Å². The molecule has 0 saturated heterocycles. The number of Topliss-reactive ketones (excluding diaryl/α,β-unsaturated/α-hetero) is 1. The smallest absolute Gasteiger partial charge is 0.240 e. The normalized spacial score (nSPS) is 10.2. The maximum absolute atomic E-state index is 12.2. The fourth-order valence-electron chi connectivity index (χ4n) is 2.48. The van der Waals surface area contributed by atoms with Crippen LogP contribution in [-0.4, -0.2) is 24.1 Å². The summed E-state index contributed by atoms with van der Waals surface area (Å²) in [6.45, 7) is 5.23. The molecule has 1 N–H and O–H groups in total. The zero-order valence-electron chi connectivity index (χ0n) is 14.7. The largest absolute Gasteiger partial charge is 0.350 e. The molecule has 5 heteroatoms. The van der Waals surface area contributed by atoms with Crippen molar-refractivity contribution in [2.24, 2.45) is 0 Å². The Morgan fingerprint density at radius 3 is 2.24 bits per heavy atom. The summed E-state index contributed by atoms with van der Waals surface area (Å²) in [4.78, 5) is 36.8. The monoisotopic (exact) mass is 338 g/mol. The third-order valence-electron chi connectivity index (χ3n) is 3.84. The van der Waals surface area contributed by atoms with Crippen LogP contribution >= 0.6 is 0 Å². The minimum absolute atomic E-state index is 0.0446. The average molecular weight is 338 g/mol. The van der Waals surface area contributed by atoms with E-state index in [1.54, 1.807) is 24.3 Å². The van der Waals surface area contributed by atoms with Crippen LogP contribution in [0.2, 0.25) is 0 Å². The molecular weight excluding hydrogens is 316 g/mol. The van der Waals surface area contributed by atoms with Gasteiger partial charge in [0.15, 0.2) is 5.78 Å². The summed E-state index contributed by atoms with van der Waals surface area (Å²) in [6.07, 6.45) is 0. The van der Waals surface area contributed by atoms with Gasteiger partial charge in [-0.2, -0.15) is 0 Å². The van der Waals surface area contributed by atoms with Crippen molar-refractivity contribution >= 4 is 23.3 Å². The quantitative estimate of drug-likeness (QED) is 0.824. The Kier molecular flexibility index (Phi) is 6.06. The molecule has 0 atom stereocenters. The van der Waals surface area contributed by atoms with Crippen molar-refractivity contribution in [2.45, 2.75) is 27.3 Å². The van der Waals surface area contributed by atoms with E-state index >= 15 is 0 Å². The molecule has 0 aliphatic carbocycles. The number of benzene rings is 2. The van der Waals surface area contributed by atoms with Crippen molar-refractivity contribution < 1.29 is 14.4 Å². The van der Waals surface area contributed by atoms with Gasteiger partial charge >= 0.3 is 0 Å². The highest BCUT2D eigenvalue weighted by Gasteiger charge is 2.16. The van der Waals surface area contributed by atoms with Gasteiger partial charge in [-0.3, -0.25) is 14.4 Å². The molecule has 2 rings (SSSR count). The Labute approximate surface area is 147 Å². The molecule has 2 aromatic carbocycles. The minimum atomic E-state index is -0.243. The lowest BCUT2D eigenvalue weighted by Crippen LogP contribution is -2.39. The van der Waals surface area contributed by atoms with Crippen LogP contribution in [0.5, 0.6) is 0 Å². The van der Waals surface area contributed by atoms with Gasteiger partial charge < -0.3 is 10.2 Å². The molecule has 0 fully saturated rings. The van der Waals surface area contributed by atoms with Crippen molar-refractivity contribution in [1.29, 1.82) is 0 Å². The second-order valence-electron chi connectivity index (χ2n) is 5.97. The number of carbonyl (C=O) groups excluding carboxylic acids is 3. The van der Waals surface area contributed by atoms with E-state index in [1.165, 1.54) is 18.7 Å². The molecule has 0 unspecified atom stereocenters. The van der Waals surface area contributed by atoms with Crippen LogP contribution in [0.1, 0.15) is 35.3 Å². The van der Waals surface area contributed by atoms with Gasteiger partial charge in [0.1, 0.15) is 6.54 Å². The third kappa shape index (κ3) is 5.28. The summed E-state index contributed by atoms with van der Waals surface area (Å²) in [7, 11) is 0. The molecule has 25 heavy (non-hydrogen) atoms. The number of anilines is 1. The van der Waals surface area contributed by atoms with Gasteiger partial charge in [-0.1, -0.05) is 29.8 Å².